The molecule has 7 heteroatoms. The van der Waals surface area contributed by atoms with Gasteiger partial charge < -0.3 is 19.9 Å². The molecule has 2 N–H and O–H groups in total. The molecule has 0 spiro atoms. The van der Waals surface area contributed by atoms with Gasteiger partial charge in [0.2, 0.25) is 0 Å². The van der Waals surface area contributed by atoms with Crippen LogP contribution in [0.2, 0.25) is 0 Å². The second-order valence-corrected chi connectivity index (χ2v) is 8.61. The quantitative estimate of drug-likeness (QED) is 0.547. The van der Waals surface area contributed by atoms with E-state index < -0.39 is 41.0 Å². The number of rotatable bonds is 6. The number of ketones is 1. The van der Waals surface area contributed by atoms with Gasteiger partial charge in [0.15, 0.2) is 5.78 Å². The summed E-state index contributed by atoms with van der Waals surface area (Å²) in [6.45, 7) is 8.58. The molecule has 2 rings (SSSR count). The molecule has 0 saturated heterocycles. The Labute approximate surface area is 176 Å². The Balaban J connectivity index is 2.33. The molecule has 0 heterocycles. The van der Waals surface area contributed by atoms with Crippen molar-refractivity contribution in [3.05, 3.63) is 46.5 Å². The fourth-order valence-electron chi connectivity index (χ4n) is 3.18. The standard InChI is InChI=1S/C23H29NO6/c1-22(2,3)30-17(25)13-24-21(28)18-19(26)15-10-9-14(8-7-11-29-6)12-16(15)23(4,5)20(18)27/h7-10,12,26H,11,13H2,1-6H3,(H,24,28). The first kappa shape index (κ1) is 23.3. The molecule has 1 amide bonds. The van der Waals surface area contributed by atoms with E-state index >= 15 is 0 Å². The molecular formula is C23H29NO6. The summed E-state index contributed by atoms with van der Waals surface area (Å²) >= 11 is 0. The summed E-state index contributed by atoms with van der Waals surface area (Å²) in [4.78, 5) is 37.6. The number of esters is 1. The molecule has 0 aromatic heterocycles. The minimum absolute atomic E-state index is 0.362. The maximum absolute atomic E-state index is 13.1. The van der Waals surface area contributed by atoms with Gasteiger partial charge in [-0.15, -0.1) is 0 Å². The molecule has 1 aliphatic rings. The molecule has 162 valence electrons. The Kier molecular flexibility index (Phi) is 6.87. The first-order valence-electron chi connectivity index (χ1n) is 9.67. The highest BCUT2D eigenvalue weighted by molar-refractivity contribution is 6.28. The van der Waals surface area contributed by atoms with E-state index in [4.69, 9.17) is 9.47 Å². The number of nitrogens with one attached hydrogen (secondary N) is 1. The highest BCUT2D eigenvalue weighted by atomic mass is 16.6. The first-order valence-corrected chi connectivity index (χ1v) is 9.67. The smallest absolute Gasteiger partial charge is 0.325 e. The lowest BCUT2D eigenvalue weighted by Crippen LogP contribution is -2.43. The van der Waals surface area contributed by atoms with Gasteiger partial charge in [-0.05, 0) is 45.7 Å². The van der Waals surface area contributed by atoms with Crippen LogP contribution >= 0.6 is 0 Å². The molecule has 0 saturated carbocycles. The lowest BCUT2D eigenvalue weighted by Gasteiger charge is -2.32. The van der Waals surface area contributed by atoms with E-state index in [0.29, 0.717) is 17.7 Å². The third kappa shape index (κ3) is 5.16. The van der Waals surface area contributed by atoms with Gasteiger partial charge in [-0.25, -0.2) is 0 Å². The number of carbonyl (C=O) groups excluding carboxylic acids is 3. The predicted molar refractivity (Wildman–Crippen MR) is 114 cm³/mol. The molecule has 1 aliphatic carbocycles. The van der Waals surface area contributed by atoms with Gasteiger partial charge in [0.05, 0.1) is 12.0 Å². The second-order valence-electron chi connectivity index (χ2n) is 8.61. The van der Waals surface area contributed by atoms with Crippen LogP contribution in [0.15, 0.2) is 29.8 Å². The Morgan fingerprint density at radius 1 is 1.23 bits per heavy atom. The van der Waals surface area contributed by atoms with Crippen molar-refractivity contribution in [2.75, 3.05) is 20.3 Å². The van der Waals surface area contributed by atoms with Gasteiger partial charge in [-0.2, -0.15) is 0 Å². The molecule has 1 aromatic carbocycles. The number of fused-ring (bicyclic) bond motifs is 1. The van der Waals surface area contributed by atoms with Gasteiger partial charge in [0.25, 0.3) is 5.91 Å². The van der Waals surface area contributed by atoms with Crippen molar-refractivity contribution in [3.63, 3.8) is 0 Å². The van der Waals surface area contributed by atoms with Gasteiger partial charge in [-0.3, -0.25) is 14.4 Å². The van der Waals surface area contributed by atoms with E-state index in [2.05, 4.69) is 5.32 Å². The largest absolute Gasteiger partial charge is 0.506 e. The zero-order valence-corrected chi connectivity index (χ0v) is 18.3. The average Bonchev–Trinajstić information content (AvgIpc) is 2.64. The van der Waals surface area contributed by atoms with Crippen molar-refractivity contribution in [1.29, 1.82) is 0 Å². The fourth-order valence-corrected chi connectivity index (χ4v) is 3.18. The van der Waals surface area contributed by atoms with Gasteiger partial charge in [-0.1, -0.05) is 30.4 Å². The minimum Gasteiger partial charge on any atom is -0.506 e. The van der Waals surface area contributed by atoms with Crippen LogP contribution in [-0.2, 0) is 29.3 Å². The minimum atomic E-state index is -1.04. The molecule has 7 nitrogen and oxygen atoms in total. The summed E-state index contributed by atoms with van der Waals surface area (Å²) in [7, 11) is 1.59. The Hall–Kier alpha value is -2.93. The summed E-state index contributed by atoms with van der Waals surface area (Å²) < 4.78 is 10.1. The molecule has 30 heavy (non-hydrogen) atoms. The topological polar surface area (TPSA) is 102 Å². The van der Waals surface area contributed by atoms with E-state index in [0.717, 1.165) is 5.56 Å². The van der Waals surface area contributed by atoms with E-state index in [1.807, 2.05) is 18.2 Å². The zero-order chi connectivity index (χ0) is 22.7. The van der Waals surface area contributed by atoms with Crippen LogP contribution in [0.1, 0.15) is 51.3 Å². The summed E-state index contributed by atoms with van der Waals surface area (Å²) in [5.41, 5.74) is -0.221. The Morgan fingerprint density at radius 2 is 1.90 bits per heavy atom. The van der Waals surface area contributed by atoms with Crippen molar-refractivity contribution in [3.8, 4) is 0 Å². The third-order valence-electron chi connectivity index (χ3n) is 4.62. The van der Waals surface area contributed by atoms with Gasteiger partial charge >= 0.3 is 5.97 Å². The number of hydrogen-bond acceptors (Lipinski definition) is 6. The maximum Gasteiger partial charge on any atom is 0.325 e. The molecular weight excluding hydrogens is 386 g/mol. The SMILES string of the molecule is COCC=Cc1ccc2c(c1)C(C)(C)C(=O)C(C(=O)NCC(=O)OC(C)(C)C)=C2O. The van der Waals surface area contributed by atoms with Gasteiger partial charge in [0, 0.05) is 12.7 Å². The normalized spacial score (nSPS) is 15.9. The fraction of sp³-hybridized carbons (Fsp3) is 0.435. The number of hydrogen-bond donors (Lipinski definition) is 2. The van der Waals surface area contributed by atoms with Crippen molar-refractivity contribution in [1.82, 2.24) is 5.32 Å². The van der Waals surface area contributed by atoms with Crippen LogP contribution < -0.4 is 5.32 Å². The van der Waals surface area contributed by atoms with Crippen molar-refractivity contribution < 1.29 is 29.0 Å². The van der Waals surface area contributed by atoms with Crippen molar-refractivity contribution in [2.24, 2.45) is 0 Å². The number of amides is 1. The first-order chi connectivity index (χ1) is 13.9. The number of ether oxygens (including phenoxy) is 2. The lowest BCUT2D eigenvalue weighted by molar-refractivity contribution is -0.154. The number of benzene rings is 1. The number of carbonyl (C=O) groups is 3. The van der Waals surface area contributed by atoms with Crippen LogP contribution in [0, 0.1) is 0 Å². The van der Waals surface area contributed by atoms with Crippen LogP contribution in [0.3, 0.4) is 0 Å². The van der Waals surface area contributed by atoms with Crippen LogP contribution in [0.5, 0.6) is 0 Å². The van der Waals surface area contributed by atoms with Crippen molar-refractivity contribution >= 4 is 29.5 Å². The Morgan fingerprint density at radius 3 is 2.50 bits per heavy atom. The Bertz CT molecular complexity index is 918. The van der Waals surface area contributed by atoms with E-state index in [9.17, 15) is 19.5 Å². The summed E-state index contributed by atoms with van der Waals surface area (Å²) in [5, 5.41) is 13.1. The highest BCUT2D eigenvalue weighted by Crippen LogP contribution is 2.40. The van der Waals surface area contributed by atoms with Crippen molar-refractivity contribution in [2.45, 2.75) is 45.6 Å². The van der Waals surface area contributed by atoms with Crippen LogP contribution in [-0.4, -0.2) is 48.6 Å². The molecule has 1 aromatic rings. The maximum atomic E-state index is 13.1. The monoisotopic (exact) mass is 415 g/mol. The summed E-state index contributed by atoms with van der Waals surface area (Å²) in [6.07, 6.45) is 3.69. The lowest BCUT2D eigenvalue weighted by atomic mass is 9.70. The van der Waals surface area contributed by atoms with E-state index in [1.165, 1.54) is 0 Å². The molecule has 0 unspecified atom stereocenters. The number of aliphatic hydroxyl groups excluding tert-OH is 1. The molecule has 0 bridgehead atoms. The zero-order valence-electron chi connectivity index (χ0n) is 18.3. The predicted octanol–water partition coefficient (Wildman–Crippen LogP) is 2.93. The van der Waals surface area contributed by atoms with E-state index in [1.54, 1.807) is 53.9 Å². The van der Waals surface area contributed by atoms with E-state index in [-0.39, 0.29) is 5.57 Å². The van der Waals surface area contributed by atoms with Gasteiger partial charge in [0.1, 0.15) is 23.5 Å². The van der Waals surface area contributed by atoms with Crippen LogP contribution in [0.4, 0.5) is 0 Å². The molecule has 0 radical (unpaired) electrons. The summed E-state index contributed by atoms with van der Waals surface area (Å²) in [6, 6.07) is 5.26. The molecule has 0 aliphatic heterocycles. The number of Topliss-reactive ketones (excluding diaryl/α,β-unsaturated/α-hetero) is 1. The van der Waals surface area contributed by atoms with Crippen LogP contribution in [0.25, 0.3) is 11.8 Å². The number of aliphatic hydroxyl groups is 1. The highest BCUT2D eigenvalue weighted by Gasteiger charge is 2.43. The molecule has 0 fully saturated rings. The third-order valence-corrected chi connectivity index (χ3v) is 4.62. The second kappa shape index (κ2) is 8.83. The summed E-state index contributed by atoms with van der Waals surface area (Å²) in [5.74, 6) is -2.37. The number of methoxy groups -OCH3 is 1. The molecule has 0 atom stereocenters. The average molecular weight is 415 g/mol.